The lowest BCUT2D eigenvalue weighted by molar-refractivity contribution is -0.118. The Hall–Kier alpha value is -3.51. The molecule has 0 aliphatic carbocycles. The zero-order valence-electron chi connectivity index (χ0n) is 17.0. The van der Waals surface area contributed by atoms with Gasteiger partial charge in [0.2, 0.25) is 0 Å². The zero-order chi connectivity index (χ0) is 20.6. The quantitative estimate of drug-likeness (QED) is 0.521. The van der Waals surface area contributed by atoms with E-state index in [2.05, 4.69) is 45.2 Å². The van der Waals surface area contributed by atoms with Crippen LogP contribution in [0.1, 0.15) is 11.1 Å². The Morgan fingerprint density at radius 3 is 2.23 bits per heavy atom. The molecule has 0 saturated heterocycles. The van der Waals surface area contributed by atoms with Crippen molar-refractivity contribution in [3.63, 3.8) is 0 Å². The van der Waals surface area contributed by atoms with Crippen LogP contribution in [0.4, 0.5) is 11.4 Å². The van der Waals surface area contributed by atoms with Crippen LogP contribution >= 0.6 is 12.4 Å². The van der Waals surface area contributed by atoms with E-state index in [4.69, 9.17) is 4.74 Å². The summed E-state index contributed by atoms with van der Waals surface area (Å²) < 4.78 is 5.59. The fraction of sp³-hybridized carbons (Fsp3) is 0.167. The van der Waals surface area contributed by atoms with E-state index in [9.17, 15) is 4.79 Å². The van der Waals surface area contributed by atoms with Crippen molar-refractivity contribution in [2.24, 2.45) is 4.99 Å². The van der Waals surface area contributed by atoms with Gasteiger partial charge in [-0.3, -0.25) is 9.79 Å². The monoisotopic (exact) mass is 436 g/mol. The number of benzene rings is 3. The van der Waals surface area contributed by atoms with Gasteiger partial charge in [0.05, 0.1) is 6.54 Å². The number of aliphatic imine (C=N–C) groups is 1. The van der Waals surface area contributed by atoms with Crippen molar-refractivity contribution in [2.75, 3.05) is 30.3 Å². The molecule has 6 nitrogen and oxygen atoms in total. The molecule has 0 spiro atoms. The molecule has 0 unspecified atom stereocenters. The van der Waals surface area contributed by atoms with Crippen LogP contribution in [0.2, 0.25) is 0 Å². The van der Waals surface area contributed by atoms with E-state index in [0.717, 1.165) is 36.8 Å². The van der Waals surface area contributed by atoms with Gasteiger partial charge in [-0.25, -0.2) is 0 Å². The molecule has 0 radical (unpaired) electrons. The number of ether oxygens (including phenoxy) is 1. The van der Waals surface area contributed by atoms with E-state index in [1.165, 1.54) is 11.1 Å². The second kappa shape index (κ2) is 11.0. The maximum absolute atomic E-state index is 12.0. The van der Waals surface area contributed by atoms with E-state index in [1.807, 2.05) is 54.6 Å². The van der Waals surface area contributed by atoms with Gasteiger partial charge in [-0.1, -0.05) is 42.5 Å². The second-order valence-corrected chi connectivity index (χ2v) is 7.00. The van der Waals surface area contributed by atoms with Crippen LogP contribution < -0.4 is 20.7 Å². The Morgan fingerprint density at radius 1 is 0.903 bits per heavy atom. The van der Waals surface area contributed by atoms with Crippen LogP contribution in [-0.2, 0) is 11.2 Å². The first-order chi connectivity index (χ1) is 14.7. The molecule has 4 rings (SSSR count). The van der Waals surface area contributed by atoms with E-state index in [1.54, 1.807) is 0 Å². The SMILES string of the molecule is Cl.O=C(COc1ccc(Cc2ccc(NC3=NCCN3)cc2)cc1)Nc1ccccc1. The van der Waals surface area contributed by atoms with Crippen LogP contribution in [0.15, 0.2) is 83.9 Å². The molecule has 3 aromatic rings. The fourth-order valence-corrected chi connectivity index (χ4v) is 3.13. The van der Waals surface area contributed by atoms with Crippen LogP contribution in [-0.4, -0.2) is 31.6 Å². The molecule has 0 atom stereocenters. The Labute approximate surface area is 188 Å². The maximum Gasteiger partial charge on any atom is 0.262 e. The highest BCUT2D eigenvalue weighted by Crippen LogP contribution is 2.17. The number of hydrogen-bond donors (Lipinski definition) is 3. The average molecular weight is 437 g/mol. The van der Waals surface area contributed by atoms with E-state index < -0.39 is 0 Å². The Kier molecular flexibility index (Phi) is 7.90. The number of carbonyl (C=O) groups excluding carboxylic acids is 1. The van der Waals surface area contributed by atoms with Crippen LogP contribution in [0.25, 0.3) is 0 Å². The van der Waals surface area contributed by atoms with Crippen molar-refractivity contribution >= 4 is 35.6 Å². The summed E-state index contributed by atoms with van der Waals surface area (Å²) in [4.78, 5) is 16.3. The summed E-state index contributed by atoms with van der Waals surface area (Å²) in [6.45, 7) is 1.68. The third-order valence-corrected chi connectivity index (χ3v) is 4.65. The van der Waals surface area contributed by atoms with Crippen molar-refractivity contribution < 1.29 is 9.53 Å². The minimum absolute atomic E-state index is 0. The fourth-order valence-electron chi connectivity index (χ4n) is 3.13. The summed E-state index contributed by atoms with van der Waals surface area (Å²) in [6, 6.07) is 25.5. The lowest BCUT2D eigenvalue weighted by Crippen LogP contribution is -2.26. The van der Waals surface area contributed by atoms with Crippen molar-refractivity contribution in [1.82, 2.24) is 5.32 Å². The lowest BCUT2D eigenvalue weighted by Gasteiger charge is -2.09. The highest BCUT2D eigenvalue weighted by Gasteiger charge is 2.06. The van der Waals surface area contributed by atoms with Gasteiger partial charge in [0, 0.05) is 17.9 Å². The highest BCUT2D eigenvalue weighted by atomic mass is 35.5. The van der Waals surface area contributed by atoms with Crippen LogP contribution in [0.5, 0.6) is 5.75 Å². The number of guanidine groups is 1. The number of anilines is 2. The second-order valence-electron chi connectivity index (χ2n) is 7.00. The average Bonchev–Trinajstić information content (AvgIpc) is 3.28. The van der Waals surface area contributed by atoms with Gasteiger partial charge in [0.15, 0.2) is 12.6 Å². The number of halogens is 1. The van der Waals surface area contributed by atoms with Gasteiger partial charge >= 0.3 is 0 Å². The molecule has 1 aliphatic heterocycles. The molecule has 1 heterocycles. The largest absolute Gasteiger partial charge is 0.484 e. The van der Waals surface area contributed by atoms with Crippen LogP contribution in [0.3, 0.4) is 0 Å². The molecule has 3 N–H and O–H groups in total. The smallest absolute Gasteiger partial charge is 0.262 e. The molecule has 1 amide bonds. The number of nitrogens with one attached hydrogen (secondary N) is 3. The summed E-state index contributed by atoms with van der Waals surface area (Å²) >= 11 is 0. The van der Waals surface area contributed by atoms with Crippen LogP contribution in [0, 0.1) is 0 Å². The van der Waals surface area contributed by atoms with E-state index >= 15 is 0 Å². The number of rotatable bonds is 7. The molecule has 0 bridgehead atoms. The molecule has 0 aromatic heterocycles. The lowest BCUT2D eigenvalue weighted by atomic mass is 10.0. The first-order valence-electron chi connectivity index (χ1n) is 9.95. The number of para-hydroxylation sites is 1. The highest BCUT2D eigenvalue weighted by molar-refractivity contribution is 5.94. The molecule has 0 fully saturated rings. The molecule has 160 valence electrons. The van der Waals surface area contributed by atoms with E-state index in [0.29, 0.717) is 5.75 Å². The Morgan fingerprint density at radius 2 is 1.58 bits per heavy atom. The summed E-state index contributed by atoms with van der Waals surface area (Å²) in [5.74, 6) is 1.32. The topological polar surface area (TPSA) is 74.8 Å². The molecule has 3 aromatic carbocycles. The number of amides is 1. The maximum atomic E-state index is 12.0. The Bertz CT molecular complexity index is 1010. The van der Waals surface area contributed by atoms with Gasteiger partial charge in [0.25, 0.3) is 5.91 Å². The normalized spacial score (nSPS) is 12.2. The summed E-state index contributed by atoms with van der Waals surface area (Å²) in [7, 11) is 0. The van der Waals surface area contributed by atoms with Gasteiger partial charge in [0.1, 0.15) is 5.75 Å². The van der Waals surface area contributed by atoms with Crippen molar-refractivity contribution in [3.05, 3.63) is 90.0 Å². The molecule has 1 aliphatic rings. The number of nitrogens with zero attached hydrogens (tertiary/aromatic N) is 1. The molecule has 7 heteroatoms. The van der Waals surface area contributed by atoms with Crippen molar-refractivity contribution in [3.8, 4) is 5.75 Å². The summed E-state index contributed by atoms with van der Waals surface area (Å²) in [6.07, 6.45) is 0.828. The minimum atomic E-state index is -0.183. The van der Waals surface area contributed by atoms with Gasteiger partial charge < -0.3 is 20.7 Å². The van der Waals surface area contributed by atoms with Gasteiger partial charge in [-0.2, -0.15) is 0 Å². The molecule has 31 heavy (non-hydrogen) atoms. The standard InChI is InChI=1S/C24H24N4O2.ClH/c29-23(27-20-4-2-1-3-5-20)17-30-22-12-8-19(9-13-22)16-18-6-10-21(11-7-18)28-24-25-14-15-26-24;/h1-13H,14-17H2,(H,27,29)(H2,25,26,28);1H. The van der Waals surface area contributed by atoms with Crippen molar-refractivity contribution in [1.29, 1.82) is 0 Å². The summed E-state index contributed by atoms with van der Waals surface area (Å²) in [5, 5.41) is 9.27. The molecule has 0 saturated carbocycles. The first-order valence-corrected chi connectivity index (χ1v) is 9.95. The van der Waals surface area contributed by atoms with E-state index in [-0.39, 0.29) is 24.9 Å². The zero-order valence-corrected chi connectivity index (χ0v) is 17.8. The predicted octanol–water partition coefficient (Wildman–Crippen LogP) is 4.09. The molecular weight excluding hydrogens is 412 g/mol. The minimum Gasteiger partial charge on any atom is -0.484 e. The summed E-state index contributed by atoms with van der Waals surface area (Å²) in [5.41, 5.74) is 4.18. The Balaban J connectivity index is 0.00000272. The van der Waals surface area contributed by atoms with Crippen molar-refractivity contribution in [2.45, 2.75) is 6.42 Å². The van der Waals surface area contributed by atoms with Gasteiger partial charge in [-0.15, -0.1) is 12.4 Å². The first kappa shape index (κ1) is 22.2. The third kappa shape index (κ3) is 6.76. The third-order valence-electron chi connectivity index (χ3n) is 4.65. The number of carbonyl (C=O) groups is 1. The molecular formula is C24H25ClN4O2. The van der Waals surface area contributed by atoms with Gasteiger partial charge in [-0.05, 0) is 53.9 Å². The number of hydrogen-bond acceptors (Lipinski definition) is 5. The predicted molar refractivity (Wildman–Crippen MR) is 127 cm³/mol.